The van der Waals surface area contributed by atoms with E-state index in [1.807, 2.05) is 63.2 Å². The van der Waals surface area contributed by atoms with Gasteiger partial charge in [0, 0.05) is 11.1 Å². The first-order valence-corrected chi connectivity index (χ1v) is 10.3. The summed E-state index contributed by atoms with van der Waals surface area (Å²) >= 11 is 0. The van der Waals surface area contributed by atoms with Crippen LogP contribution in [-0.4, -0.2) is 23.5 Å². The highest BCUT2D eigenvalue weighted by Crippen LogP contribution is 2.27. The van der Waals surface area contributed by atoms with Crippen LogP contribution in [0.5, 0.6) is 0 Å². The highest BCUT2D eigenvalue weighted by Gasteiger charge is 2.20. The number of hydrogen-bond acceptors (Lipinski definition) is 4. The molecular weight excluding hydrogens is 376 g/mol. The lowest BCUT2D eigenvalue weighted by molar-refractivity contribution is -0.119. The molecule has 30 heavy (non-hydrogen) atoms. The minimum absolute atomic E-state index is 0.265. The highest BCUT2D eigenvalue weighted by atomic mass is 16.5. The fraction of sp³-hybridized carbons (Fsp3) is 0.320. The van der Waals surface area contributed by atoms with Crippen molar-refractivity contribution in [3.63, 3.8) is 0 Å². The topological polar surface area (TPSA) is 68.3 Å². The number of anilines is 1. The van der Waals surface area contributed by atoms with Crippen molar-refractivity contribution in [2.75, 3.05) is 11.9 Å². The zero-order chi connectivity index (χ0) is 21.8. The summed E-state index contributed by atoms with van der Waals surface area (Å²) in [7, 11) is 0. The number of nitrogens with one attached hydrogen (secondary N) is 1. The van der Waals surface area contributed by atoms with Crippen LogP contribution in [-0.2, 0) is 16.0 Å². The summed E-state index contributed by atoms with van der Waals surface area (Å²) < 4.78 is 5.38. The van der Waals surface area contributed by atoms with Crippen LogP contribution in [0, 0.1) is 13.8 Å². The molecule has 1 amide bonds. The number of carbonyl (C=O) groups excluding carboxylic acids is 2. The number of ether oxygens (including phenoxy) is 1. The first kappa shape index (κ1) is 21.5. The monoisotopic (exact) mass is 404 g/mol. The van der Waals surface area contributed by atoms with Gasteiger partial charge in [0.1, 0.15) is 0 Å². The molecule has 1 aromatic heterocycles. The van der Waals surface area contributed by atoms with Crippen molar-refractivity contribution in [1.82, 2.24) is 4.98 Å². The molecule has 0 aliphatic carbocycles. The second kappa shape index (κ2) is 9.08. The second-order valence-corrected chi connectivity index (χ2v) is 7.75. The van der Waals surface area contributed by atoms with Crippen LogP contribution in [0.1, 0.15) is 59.4 Å². The molecule has 0 bridgehead atoms. The molecule has 0 radical (unpaired) electrons. The van der Waals surface area contributed by atoms with Gasteiger partial charge in [0.2, 0.25) is 0 Å². The second-order valence-electron chi connectivity index (χ2n) is 7.75. The normalized spacial score (nSPS) is 11.0. The maximum atomic E-state index is 12.8. The van der Waals surface area contributed by atoms with Crippen LogP contribution in [0.3, 0.4) is 0 Å². The van der Waals surface area contributed by atoms with Gasteiger partial charge in [-0.1, -0.05) is 57.2 Å². The number of pyridine rings is 1. The molecule has 1 heterocycles. The lowest BCUT2D eigenvalue weighted by Gasteiger charge is -2.17. The first-order valence-electron chi connectivity index (χ1n) is 10.3. The van der Waals surface area contributed by atoms with Gasteiger partial charge in [0.25, 0.3) is 5.91 Å². The number of aryl methyl sites for hydroxylation is 3. The third-order valence-corrected chi connectivity index (χ3v) is 5.29. The van der Waals surface area contributed by atoms with Gasteiger partial charge in [0.15, 0.2) is 6.61 Å². The molecule has 0 fully saturated rings. The zero-order valence-electron chi connectivity index (χ0n) is 18.2. The molecule has 5 heteroatoms. The van der Waals surface area contributed by atoms with Crippen molar-refractivity contribution in [3.05, 3.63) is 70.4 Å². The van der Waals surface area contributed by atoms with Crippen molar-refractivity contribution in [1.29, 1.82) is 0 Å². The van der Waals surface area contributed by atoms with Crippen LogP contribution in [0.4, 0.5) is 5.69 Å². The Morgan fingerprint density at radius 1 is 1.07 bits per heavy atom. The van der Waals surface area contributed by atoms with Crippen LogP contribution in [0.15, 0.2) is 42.5 Å². The minimum atomic E-state index is -0.522. The Morgan fingerprint density at radius 3 is 2.50 bits per heavy atom. The lowest BCUT2D eigenvalue weighted by Crippen LogP contribution is -2.23. The van der Waals surface area contributed by atoms with E-state index >= 15 is 0 Å². The van der Waals surface area contributed by atoms with E-state index in [9.17, 15) is 9.59 Å². The van der Waals surface area contributed by atoms with Crippen molar-refractivity contribution in [2.24, 2.45) is 0 Å². The molecule has 2 aromatic carbocycles. The first-order chi connectivity index (χ1) is 14.3. The summed E-state index contributed by atoms with van der Waals surface area (Å²) in [4.78, 5) is 30.0. The Labute approximate surface area is 177 Å². The standard InChI is InChI=1S/C25H28N2O3/c1-6-20-23(17(5)19-11-7-8-13-21(19)26-20)25(29)30-14-22(28)27-24-16(4)10-9-12-18(24)15(2)3/h7-13,15H,6,14H2,1-5H3,(H,27,28). The molecule has 156 valence electrons. The molecule has 1 N–H and O–H groups in total. The largest absolute Gasteiger partial charge is 0.452 e. The zero-order valence-corrected chi connectivity index (χ0v) is 18.2. The van der Waals surface area contributed by atoms with Crippen LogP contribution < -0.4 is 5.32 Å². The summed E-state index contributed by atoms with van der Waals surface area (Å²) in [5.74, 6) is -0.614. The molecule has 0 atom stereocenters. The van der Waals surface area contributed by atoms with Crippen molar-refractivity contribution in [2.45, 2.75) is 47.0 Å². The Kier molecular flexibility index (Phi) is 6.50. The summed E-state index contributed by atoms with van der Waals surface area (Å²) in [5, 5.41) is 3.82. The molecule has 0 saturated heterocycles. The van der Waals surface area contributed by atoms with Gasteiger partial charge in [-0.05, 0) is 48.9 Å². The van der Waals surface area contributed by atoms with E-state index in [2.05, 4.69) is 24.1 Å². The molecular formula is C25H28N2O3. The van der Waals surface area contributed by atoms with E-state index in [0.29, 0.717) is 17.7 Å². The number of rotatable bonds is 6. The Bertz CT molecular complexity index is 1100. The van der Waals surface area contributed by atoms with Gasteiger partial charge in [-0.3, -0.25) is 9.78 Å². The van der Waals surface area contributed by atoms with E-state index in [0.717, 1.165) is 33.3 Å². The molecule has 0 unspecified atom stereocenters. The van der Waals surface area contributed by atoms with E-state index in [1.165, 1.54) is 0 Å². The van der Waals surface area contributed by atoms with Crippen molar-refractivity contribution < 1.29 is 14.3 Å². The van der Waals surface area contributed by atoms with Crippen LogP contribution in [0.2, 0.25) is 0 Å². The predicted octanol–water partition coefficient (Wildman–Crippen LogP) is 5.33. The Balaban J connectivity index is 1.78. The number of benzene rings is 2. The summed E-state index contributed by atoms with van der Waals surface area (Å²) in [5.41, 5.74) is 5.61. The van der Waals surface area contributed by atoms with E-state index < -0.39 is 5.97 Å². The smallest absolute Gasteiger partial charge is 0.340 e. The average Bonchev–Trinajstić information content (AvgIpc) is 2.73. The quantitative estimate of drug-likeness (QED) is 0.564. The number of carbonyl (C=O) groups is 2. The molecule has 0 saturated carbocycles. The van der Waals surface area contributed by atoms with E-state index in [-0.39, 0.29) is 18.4 Å². The number of fused-ring (bicyclic) bond motifs is 1. The van der Waals surface area contributed by atoms with Gasteiger partial charge < -0.3 is 10.1 Å². The van der Waals surface area contributed by atoms with Gasteiger partial charge >= 0.3 is 5.97 Å². The predicted molar refractivity (Wildman–Crippen MR) is 120 cm³/mol. The highest BCUT2D eigenvalue weighted by molar-refractivity contribution is 6.00. The SMILES string of the molecule is CCc1nc2ccccc2c(C)c1C(=O)OCC(=O)Nc1c(C)cccc1C(C)C. The molecule has 0 spiro atoms. The van der Waals surface area contributed by atoms with Crippen LogP contribution in [0.25, 0.3) is 10.9 Å². The maximum absolute atomic E-state index is 12.8. The molecule has 3 rings (SSSR count). The number of amides is 1. The summed E-state index contributed by atoms with van der Waals surface area (Å²) in [6.45, 7) is 9.59. The van der Waals surface area contributed by atoms with Gasteiger partial charge in [-0.15, -0.1) is 0 Å². The van der Waals surface area contributed by atoms with Gasteiger partial charge in [-0.2, -0.15) is 0 Å². The number of nitrogens with zero attached hydrogens (tertiary/aromatic N) is 1. The number of aromatic nitrogens is 1. The van der Waals surface area contributed by atoms with Crippen molar-refractivity contribution in [3.8, 4) is 0 Å². The number of para-hydroxylation sites is 2. The lowest BCUT2D eigenvalue weighted by atomic mass is 9.98. The molecule has 3 aromatic rings. The Morgan fingerprint density at radius 2 is 1.80 bits per heavy atom. The fourth-order valence-corrected chi connectivity index (χ4v) is 3.69. The van der Waals surface area contributed by atoms with Crippen LogP contribution >= 0.6 is 0 Å². The molecule has 0 aliphatic rings. The van der Waals surface area contributed by atoms with Gasteiger partial charge in [0.05, 0.1) is 16.8 Å². The van der Waals surface area contributed by atoms with Gasteiger partial charge in [-0.25, -0.2) is 4.79 Å². The number of esters is 1. The Hall–Kier alpha value is -3.21. The number of hydrogen-bond donors (Lipinski definition) is 1. The molecule has 5 nitrogen and oxygen atoms in total. The molecule has 0 aliphatic heterocycles. The maximum Gasteiger partial charge on any atom is 0.340 e. The third-order valence-electron chi connectivity index (χ3n) is 5.29. The fourth-order valence-electron chi connectivity index (χ4n) is 3.69. The summed E-state index contributed by atoms with van der Waals surface area (Å²) in [6, 6.07) is 13.6. The van der Waals surface area contributed by atoms with E-state index in [1.54, 1.807) is 0 Å². The van der Waals surface area contributed by atoms with E-state index in [4.69, 9.17) is 4.74 Å². The third kappa shape index (κ3) is 4.35. The average molecular weight is 405 g/mol. The summed E-state index contributed by atoms with van der Waals surface area (Å²) in [6.07, 6.45) is 0.600. The van der Waals surface area contributed by atoms with Crippen molar-refractivity contribution >= 4 is 28.5 Å². The minimum Gasteiger partial charge on any atom is -0.452 e.